The highest BCUT2D eigenvalue weighted by atomic mass is 19.4. The van der Waals surface area contributed by atoms with Crippen molar-refractivity contribution in [3.05, 3.63) is 71.5 Å². The zero-order valence-electron chi connectivity index (χ0n) is 17.7. The lowest BCUT2D eigenvalue weighted by molar-refractivity contribution is -0.143. The fourth-order valence-electron chi connectivity index (χ4n) is 4.12. The Bertz CT molecular complexity index is 1080. The average Bonchev–Trinajstić information content (AvgIpc) is 3.43. The van der Waals surface area contributed by atoms with Crippen molar-refractivity contribution >= 4 is 17.3 Å². The third kappa shape index (κ3) is 4.79. The second-order valence-electron chi connectivity index (χ2n) is 8.17. The van der Waals surface area contributed by atoms with Crippen LogP contribution < -0.4 is 10.6 Å². The molecule has 1 aliphatic rings. The van der Waals surface area contributed by atoms with Gasteiger partial charge in [0.2, 0.25) is 0 Å². The van der Waals surface area contributed by atoms with Crippen molar-refractivity contribution in [3.63, 3.8) is 0 Å². The van der Waals surface area contributed by atoms with E-state index in [1.807, 2.05) is 12.1 Å². The fraction of sp³-hybridized carbons (Fsp3) is 0.333. The van der Waals surface area contributed by atoms with Gasteiger partial charge in [0.1, 0.15) is 0 Å². The molecule has 1 heterocycles. The quantitative estimate of drug-likeness (QED) is 0.488. The number of hydrogen-bond donors (Lipinski definition) is 2. The number of halogens is 3. The van der Waals surface area contributed by atoms with Gasteiger partial charge in [0.15, 0.2) is 5.69 Å². The first-order valence-corrected chi connectivity index (χ1v) is 10.7. The molecule has 0 saturated heterocycles. The standard InChI is InChI=1S/C24H25F3N4O/c1-16-6-2-5-9-21(16)31-22(24(25,26)27)20(15-29-31)23(32)30-19-12-10-18(11-13-19)28-14-17-7-3-4-8-17/h2,5-6,9-13,15,17,28H,3-4,7-8,14H2,1H3,(H,30,32). The molecule has 0 radical (unpaired) electrons. The summed E-state index contributed by atoms with van der Waals surface area (Å²) in [5, 5.41) is 9.81. The molecule has 32 heavy (non-hydrogen) atoms. The van der Waals surface area contributed by atoms with Crippen molar-refractivity contribution in [1.82, 2.24) is 9.78 Å². The molecule has 1 saturated carbocycles. The Morgan fingerprint density at radius 3 is 2.38 bits per heavy atom. The molecule has 1 aliphatic carbocycles. The molecule has 4 rings (SSSR count). The molecule has 1 amide bonds. The van der Waals surface area contributed by atoms with Gasteiger partial charge in [-0.05, 0) is 61.6 Å². The average molecular weight is 442 g/mol. The molecule has 168 valence electrons. The Morgan fingerprint density at radius 2 is 1.72 bits per heavy atom. The third-order valence-electron chi connectivity index (χ3n) is 5.84. The summed E-state index contributed by atoms with van der Waals surface area (Å²) in [5.74, 6) is -0.177. The predicted molar refractivity (Wildman–Crippen MR) is 118 cm³/mol. The molecule has 0 bridgehead atoms. The fourth-order valence-corrected chi connectivity index (χ4v) is 4.12. The minimum atomic E-state index is -4.75. The van der Waals surface area contributed by atoms with Gasteiger partial charge in [0, 0.05) is 17.9 Å². The van der Waals surface area contributed by atoms with E-state index in [4.69, 9.17) is 0 Å². The third-order valence-corrected chi connectivity index (χ3v) is 5.84. The molecule has 0 aliphatic heterocycles. The van der Waals surface area contributed by atoms with Crippen LogP contribution in [0.5, 0.6) is 0 Å². The van der Waals surface area contributed by atoms with Crippen molar-refractivity contribution < 1.29 is 18.0 Å². The second kappa shape index (κ2) is 9.06. The van der Waals surface area contributed by atoms with Crippen LogP contribution in [0, 0.1) is 12.8 Å². The van der Waals surface area contributed by atoms with Crippen LogP contribution in [0.2, 0.25) is 0 Å². The highest BCUT2D eigenvalue weighted by Crippen LogP contribution is 2.34. The maximum atomic E-state index is 13.9. The molecule has 1 fully saturated rings. The van der Waals surface area contributed by atoms with Gasteiger partial charge < -0.3 is 10.6 Å². The van der Waals surface area contributed by atoms with E-state index in [2.05, 4.69) is 15.7 Å². The number of aryl methyl sites for hydroxylation is 1. The minimum absolute atomic E-state index is 0.275. The molecule has 1 aromatic heterocycles. The summed E-state index contributed by atoms with van der Waals surface area (Å²) < 4.78 is 42.4. The largest absolute Gasteiger partial charge is 0.434 e. The first-order chi connectivity index (χ1) is 15.3. The summed E-state index contributed by atoms with van der Waals surface area (Å²) in [7, 11) is 0. The van der Waals surface area contributed by atoms with Crippen molar-refractivity contribution in [3.8, 4) is 5.69 Å². The summed E-state index contributed by atoms with van der Waals surface area (Å²) in [4.78, 5) is 12.7. The number of nitrogens with one attached hydrogen (secondary N) is 2. The van der Waals surface area contributed by atoms with Gasteiger partial charge in [-0.3, -0.25) is 4.79 Å². The molecule has 5 nitrogen and oxygen atoms in total. The summed E-state index contributed by atoms with van der Waals surface area (Å²) in [5.41, 5.74) is 0.602. The molecule has 2 N–H and O–H groups in total. The molecule has 0 spiro atoms. The van der Waals surface area contributed by atoms with Crippen molar-refractivity contribution in [2.24, 2.45) is 5.92 Å². The molecule has 0 atom stereocenters. The lowest BCUT2D eigenvalue weighted by Gasteiger charge is -2.14. The minimum Gasteiger partial charge on any atom is -0.385 e. The molecule has 0 unspecified atom stereocenters. The lowest BCUT2D eigenvalue weighted by atomic mass is 10.1. The van der Waals surface area contributed by atoms with Gasteiger partial charge >= 0.3 is 6.18 Å². The van der Waals surface area contributed by atoms with E-state index in [9.17, 15) is 18.0 Å². The Hall–Kier alpha value is -3.29. The van der Waals surface area contributed by atoms with Crippen molar-refractivity contribution in [1.29, 1.82) is 0 Å². The number of rotatable bonds is 6. The number of anilines is 2. The zero-order valence-corrected chi connectivity index (χ0v) is 17.7. The molecular weight excluding hydrogens is 417 g/mol. The Labute approximate surface area is 184 Å². The summed E-state index contributed by atoms with van der Waals surface area (Å²) >= 11 is 0. The zero-order chi connectivity index (χ0) is 22.7. The number of hydrogen-bond acceptors (Lipinski definition) is 3. The Morgan fingerprint density at radius 1 is 1.06 bits per heavy atom. The highest BCUT2D eigenvalue weighted by Gasteiger charge is 2.40. The van der Waals surface area contributed by atoms with Gasteiger partial charge in [-0.25, -0.2) is 4.68 Å². The maximum absolute atomic E-state index is 13.9. The Balaban J connectivity index is 1.51. The number of aromatic nitrogens is 2. The van der Waals surface area contributed by atoms with Gasteiger partial charge in [-0.2, -0.15) is 18.3 Å². The number of para-hydroxylation sites is 1. The van der Waals surface area contributed by atoms with E-state index >= 15 is 0 Å². The first kappa shape index (κ1) is 21.9. The van der Waals surface area contributed by atoms with Crippen molar-refractivity contribution in [2.45, 2.75) is 38.8 Å². The second-order valence-corrected chi connectivity index (χ2v) is 8.17. The van der Waals surface area contributed by atoms with Gasteiger partial charge in [0.05, 0.1) is 17.4 Å². The number of carbonyl (C=O) groups is 1. The maximum Gasteiger partial charge on any atom is 0.434 e. The number of nitrogens with zero attached hydrogens (tertiary/aromatic N) is 2. The van der Waals surface area contributed by atoms with E-state index in [1.165, 1.54) is 31.7 Å². The van der Waals surface area contributed by atoms with Crippen LogP contribution in [0.3, 0.4) is 0 Å². The lowest BCUT2D eigenvalue weighted by Crippen LogP contribution is -2.21. The normalized spacial score (nSPS) is 14.5. The highest BCUT2D eigenvalue weighted by molar-refractivity contribution is 6.05. The van der Waals surface area contributed by atoms with E-state index in [1.54, 1.807) is 37.3 Å². The smallest absolute Gasteiger partial charge is 0.385 e. The van der Waals surface area contributed by atoms with E-state index in [0.717, 1.165) is 23.1 Å². The molecule has 3 aromatic rings. The predicted octanol–water partition coefficient (Wildman–Crippen LogP) is 6.05. The van der Waals surface area contributed by atoms with Gasteiger partial charge in [0.25, 0.3) is 5.91 Å². The molecule has 8 heteroatoms. The summed E-state index contributed by atoms with van der Waals surface area (Å²) in [6.07, 6.45) is 1.23. The molecular formula is C24H25F3N4O. The number of alkyl halides is 3. The number of benzene rings is 2. The van der Waals surface area contributed by atoms with Crippen LogP contribution in [-0.2, 0) is 6.18 Å². The summed E-state index contributed by atoms with van der Waals surface area (Å²) in [6.45, 7) is 2.60. The van der Waals surface area contributed by atoms with Gasteiger partial charge in [-0.15, -0.1) is 0 Å². The van der Waals surface area contributed by atoms with E-state index in [0.29, 0.717) is 17.2 Å². The Kier molecular flexibility index (Phi) is 6.21. The van der Waals surface area contributed by atoms with Crippen LogP contribution in [-0.4, -0.2) is 22.2 Å². The first-order valence-electron chi connectivity index (χ1n) is 10.7. The monoisotopic (exact) mass is 442 g/mol. The van der Waals surface area contributed by atoms with Crippen LogP contribution in [0.15, 0.2) is 54.7 Å². The van der Waals surface area contributed by atoms with Crippen LogP contribution in [0.25, 0.3) is 5.69 Å². The van der Waals surface area contributed by atoms with Gasteiger partial charge in [-0.1, -0.05) is 31.0 Å². The molecule has 2 aromatic carbocycles. The van der Waals surface area contributed by atoms with E-state index in [-0.39, 0.29) is 5.69 Å². The number of carbonyl (C=O) groups excluding carboxylic acids is 1. The number of amides is 1. The van der Waals surface area contributed by atoms with Crippen molar-refractivity contribution in [2.75, 3.05) is 17.2 Å². The SMILES string of the molecule is Cc1ccccc1-n1ncc(C(=O)Nc2ccc(NCC3CCCC3)cc2)c1C(F)(F)F. The topological polar surface area (TPSA) is 59.0 Å². The van der Waals surface area contributed by atoms with E-state index < -0.39 is 23.3 Å². The van der Waals surface area contributed by atoms with Crippen LogP contribution >= 0.6 is 0 Å². The van der Waals surface area contributed by atoms with Crippen LogP contribution in [0.4, 0.5) is 24.5 Å². The summed E-state index contributed by atoms with van der Waals surface area (Å²) in [6, 6.07) is 13.6. The van der Waals surface area contributed by atoms with Crippen LogP contribution in [0.1, 0.15) is 47.3 Å².